The monoisotopic (exact) mass is 303 g/mol. The summed E-state index contributed by atoms with van der Waals surface area (Å²) in [4.78, 5) is 14.2. The van der Waals surface area contributed by atoms with Crippen LogP contribution >= 0.6 is 0 Å². The fraction of sp³-hybridized carbons (Fsp3) is 0.500. The lowest BCUT2D eigenvalue weighted by molar-refractivity contribution is -0.150. The number of hydrogen-bond donors (Lipinski definition) is 0. The van der Waals surface area contributed by atoms with E-state index in [9.17, 15) is 4.79 Å². The number of piperidine rings is 1. The standard InChI is InChI=1S/C18H25NO3/c1-3-12-22-17-10-6-5-8-15(17)13-19-11-7-9-16(14-19)18(20)21-4-2/h3,5-6,8,10,16H,1,4,7,9,11-14H2,2H3/t16-/m0/s1. The topological polar surface area (TPSA) is 38.8 Å². The lowest BCUT2D eigenvalue weighted by atomic mass is 9.97. The lowest BCUT2D eigenvalue weighted by Gasteiger charge is -2.31. The van der Waals surface area contributed by atoms with Crippen molar-refractivity contribution >= 4 is 5.97 Å². The molecule has 0 amide bonds. The summed E-state index contributed by atoms with van der Waals surface area (Å²) in [6, 6.07) is 8.04. The third-order valence-corrected chi connectivity index (χ3v) is 3.85. The van der Waals surface area contributed by atoms with Crippen molar-refractivity contribution in [1.82, 2.24) is 4.90 Å². The van der Waals surface area contributed by atoms with Gasteiger partial charge in [-0.15, -0.1) is 0 Å². The van der Waals surface area contributed by atoms with Crippen LogP contribution in [-0.4, -0.2) is 37.2 Å². The number of carbonyl (C=O) groups excluding carboxylic acids is 1. The number of benzene rings is 1. The zero-order chi connectivity index (χ0) is 15.8. The SMILES string of the molecule is C=CCOc1ccccc1CN1CCC[C@H](C(=O)OCC)C1. The molecule has 0 radical (unpaired) electrons. The molecular formula is C18H25NO3. The number of hydrogen-bond acceptors (Lipinski definition) is 4. The second kappa shape index (κ2) is 8.59. The van der Waals surface area contributed by atoms with Crippen molar-refractivity contribution in [2.75, 3.05) is 26.3 Å². The molecule has 120 valence electrons. The summed E-state index contributed by atoms with van der Waals surface area (Å²) in [5, 5.41) is 0. The average Bonchev–Trinajstić information content (AvgIpc) is 2.54. The molecule has 0 N–H and O–H groups in total. The van der Waals surface area contributed by atoms with Crippen LogP contribution in [0.1, 0.15) is 25.3 Å². The van der Waals surface area contributed by atoms with Crippen molar-refractivity contribution in [3.8, 4) is 5.75 Å². The van der Waals surface area contributed by atoms with E-state index in [4.69, 9.17) is 9.47 Å². The van der Waals surface area contributed by atoms with E-state index in [1.54, 1.807) is 6.08 Å². The minimum absolute atomic E-state index is 0.00467. The number of carbonyl (C=O) groups is 1. The summed E-state index contributed by atoms with van der Waals surface area (Å²) in [5.41, 5.74) is 1.15. The fourth-order valence-electron chi connectivity index (χ4n) is 2.82. The number of likely N-dealkylation sites (tertiary alicyclic amines) is 1. The van der Waals surface area contributed by atoms with E-state index in [1.165, 1.54) is 0 Å². The van der Waals surface area contributed by atoms with Gasteiger partial charge in [-0.3, -0.25) is 9.69 Å². The number of rotatable bonds is 7. The number of nitrogens with zero attached hydrogens (tertiary/aromatic N) is 1. The molecule has 0 unspecified atom stereocenters. The Morgan fingerprint density at radius 1 is 1.45 bits per heavy atom. The average molecular weight is 303 g/mol. The molecule has 1 saturated heterocycles. The second-order valence-corrected chi connectivity index (χ2v) is 5.53. The fourth-order valence-corrected chi connectivity index (χ4v) is 2.82. The Morgan fingerprint density at radius 3 is 3.05 bits per heavy atom. The van der Waals surface area contributed by atoms with Gasteiger partial charge < -0.3 is 9.47 Å². The highest BCUT2D eigenvalue weighted by atomic mass is 16.5. The minimum atomic E-state index is -0.0663. The van der Waals surface area contributed by atoms with Crippen LogP contribution in [0.5, 0.6) is 5.75 Å². The van der Waals surface area contributed by atoms with Gasteiger partial charge in [0.05, 0.1) is 12.5 Å². The van der Waals surface area contributed by atoms with Crippen molar-refractivity contribution in [3.05, 3.63) is 42.5 Å². The Morgan fingerprint density at radius 2 is 2.27 bits per heavy atom. The van der Waals surface area contributed by atoms with Crippen molar-refractivity contribution in [3.63, 3.8) is 0 Å². The molecule has 4 heteroatoms. The molecule has 4 nitrogen and oxygen atoms in total. The van der Waals surface area contributed by atoms with Crippen LogP contribution in [0, 0.1) is 5.92 Å². The second-order valence-electron chi connectivity index (χ2n) is 5.53. The van der Waals surface area contributed by atoms with Crippen molar-refractivity contribution in [2.24, 2.45) is 5.92 Å². The normalized spacial score (nSPS) is 18.7. The van der Waals surface area contributed by atoms with Crippen LogP contribution < -0.4 is 4.74 Å². The molecule has 1 heterocycles. The zero-order valence-electron chi connectivity index (χ0n) is 13.3. The molecule has 1 aromatic rings. The van der Waals surface area contributed by atoms with Gasteiger partial charge in [0.25, 0.3) is 0 Å². The maximum absolute atomic E-state index is 11.9. The van der Waals surface area contributed by atoms with Gasteiger partial charge in [0.1, 0.15) is 12.4 Å². The maximum atomic E-state index is 11.9. The maximum Gasteiger partial charge on any atom is 0.310 e. The highest BCUT2D eigenvalue weighted by Gasteiger charge is 2.27. The van der Waals surface area contributed by atoms with Crippen LogP contribution in [0.15, 0.2) is 36.9 Å². The molecule has 0 bridgehead atoms. The van der Waals surface area contributed by atoms with Gasteiger partial charge in [-0.05, 0) is 32.4 Å². The Balaban J connectivity index is 1.98. The number of esters is 1. The third-order valence-electron chi connectivity index (χ3n) is 3.85. The molecule has 1 fully saturated rings. The van der Waals surface area contributed by atoms with E-state index in [1.807, 2.05) is 25.1 Å². The highest BCUT2D eigenvalue weighted by Crippen LogP contribution is 2.24. The van der Waals surface area contributed by atoms with E-state index in [2.05, 4.69) is 17.5 Å². The van der Waals surface area contributed by atoms with Crippen LogP contribution in [-0.2, 0) is 16.1 Å². The van der Waals surface area contributed by atoms with Crippen molar-refractivity contribution in [2.45, 2.75) is 26.3 Å². The van der Waals surface area contributed by atoms with Gasteiger partial charge in [-0.1, -0.05) is 30.9 Å². The van der Waals surface area contributed by atoms with Gasteiger partial charge in [0.15, 0.2) is 0 Å². The van der Waals surface area contributed by atoms with Crippen LogP contribution in [0.25, 0.3) is 0 Å². The summed E-state index contributed by atoms with van der Waals surface area (Å²) in [5.74, 6) is 0.819. The minimum Gasteiger partial charge on any atom is -0.489 e. The molecule has 2 rings (SSSR count). The van der Waals surface area contributed by atoms with Gasteiger partial charge >= 0.3 is 5.97 Å². The Bertz CT molecular complexity index is 501. The molecule has 1 atom stereocenters. The molecule has 0 aromatic heterocycles. The summed E-state index contributed by atoms with van der Waals surface area (Å²) >= 11 is 0. The van der Waals surface area contributed by atoms with E-state index >= 15 is 0 Å². The first-order valence-corrected chi connectivity index (χ1v) is 7.95. The predicted octanol–water partition coefficient (Wildman–Crippen LogP) is 3.03. The van der Waals surface area contributed by atoms with Gasteiger partial charge in [-0.2, -0.15) is 0 Å². The third kappa shape index (κ3) is 4.60. The highest BCUT2D eigenvalue weighted by molar-refractivity contribution is 5.72. The molecule has 0 aliphatic carbocycles. The van der Waals surface area contributed by atoms with Crippen LogP contribution in [0.2, 0.25) is 0 Å². The summed E-state index contributed by atoms with van der Waals surface area (Å²) in [6.45, 7) is 9.05. The summed E-state index contributed by atoms with van der Waals surface area (Å²) in [6.07, 6.45) is 3.69. The molecule has 22 heavy (non-hydrogen) atoms. The first-order valence-electron chi connectivity index (χ1n) is 7.95. The van der Waals surface area contributed by atoms with E-state index in [0.29, 0.717) is 13.2 Å². The Hall–Kier alpha value is -1.81. The van der Waals surface area contributed by atoms with Gasteiger partial charge in [0.2, 0.25) is 0 Å². The van der Waals surface area contributed by atoms with E-state index < -0.39 is 0 Å². The quantitative estimate of drug-likeness (QED) is 0.573. The smallest absolute Gasteiger partial charge is 0.310 e. The molecule has 1 aliphatic heterocycles. The predicted molar refractivity (Wildman–Crippen MR) is 86.8 cm³/mol. The molecular weight excluding hydrogens is 278 g/mol. The number of para-hydroxylation sites is 1. The lowest BCUT2D eigenvalue weighted by Crippen LogP contribution is -2.39. The van der Waals surface area contributed by atoms with Crippen LogP contribution in [0.4, 0.5) is 0 Å². The molecule has 0 spiro atoms. The molecule has 1 aliphatic rings. The summed E-state index contributed by atoms with van der Waals surface area (Å²) < 4.78 is 10.9. The first kappa shape index (κ1) is 16.6. The first-order chi connectivity index (χ1) is 10.7. The number of ether oxygens (including phenoxy) is 2. The zero-order valence-corrected chi connectivity index (χ0v) is 13.3. The van der Waals surface area contributed by atoms with Gasteiger partial charge in [0, 0.05) is 18.7 Å². The van der Waals surface area contributed by atoms with Crippen LogP contribution in [0.3, 0.4) is 0 Å². The molecule has 1 aromatic carbocycles. The van der Waals surface area contributed by atoms with E-state index in [0.717, 1.165) is 43.8 Å². The van der Waals surface area contributed by atoms with E-state index in [-0.39, 0.29) is 11.9 Å². The molecule has 0 saturated carbocycles. The largest absolute Gasteiger partial charge is 0.489 e. The van der Waals surface area contributed by atoms with Gasteiger partial charge in [-0.25, -0.2) is 0 Å². The van der Waals surface area contributed by atoms with Crippen molar-refractivity contribution in [1.29, 1.82) is 0 Å². The Kier molecular flexibility index (Phi) is 6.46. The summed E-state index contributed by atoms with van der Waals surface area (Å²) in [7, 11) is 0. The Labute approximate surface area is 132 Å². The van der Waals surface area contributed by atoms with Crippen molar-refractivity contribution < 1.29 is 14.3 Å².